The van der Waals surface area contributed by atoms with Gasteiger partial charge in [0.05, 0.1) is 12.9 Å². The highest BCUT2D eigenvalue weighted by Crippen LogP contribution is 2.15. The van der Waals surface area contributed by atoms with Gasteiger partial charge < -0.3 is 15.8 Å². The Morgan fingerprint density at radius 1 is 1.41 bits per heavy atom. The SMILES string of the molecule is COc1ccc(NC(=O)CSCCCN)cc1. The minimum Gasteiger partial charge on any atom is -0.497 e. The van der Waals surface area contributed by atoms with Crippen LogP contribution in [0.2, 0.25) is 0 Å². The van der Waals surface area contributed by atoms with E-state index in [0.29, 0.717) is 12.3 Å². The number of amides is 1. The zero-order chi connectivity index (χ0) is 12.5. The molecule has 0 aliphatic rings. The van der Waals surface area contributed by atoms with E-state index in [9.17, 15) is 4.79 Å². The minimum atomic E-state index is 0.0113. The zero-order valence-electron chi connectivity index (χ0n) is 9.94. The van der Waals surface area contributed by atoms with Crippen LogP contribution in [0.25, 0.3) is 0 Å². The van der Waals surface area contributed by atoms with Gasteiger partial charge in [0.1, 0.15) is 5.75 Å². The molecule has 1 aromatic carbocycles. The standard InChI is InChI=1S/C12H18N2O2S/c1-16-11-5-3-10(4-6-11)14-12(15)9-17-8-2-7-13/h3-6H,2,7-9,13H2,1H3,(H,14,15). The molecular formula is C12H18N2O2S. The second-order valence-electron chi connectivity index (χ2n) is 3.47. The molecule has 0 aliphatic carbocycles. The molecule has 1 amide bonds. The number of hydrogen-bond donors (Lipinski definition) is 2. The molecule has 1 aromatic rings. The van der Waals surface area contributed by atoms with Crippen molar-refractivity contribution in [1.82, 2.24) is 0 Å². The normalized spacial score (nSPS) is 10.0. The average Bonchev–Trinajstić information content (AvgIpc) is 2.36. The van der Waals surface area contributed by atoms with Crippen LogP contribution in [-0.4, -0.2) is 31.1 Å². The Hall–Kier alpha value is -1.20. The van der Waals surface area contributed by atoms with Crippen molar-refractivity contribution in [3.05, 3.63) is 24.3 Å². The topological polar surface area (TPSA) is 64.3 Å². The fourth-order valence-electron chi connectivity index (χ4n) is 1.22. The van der Waals surface area contributed by atoms with E-state index in [1.165, 1.54) is 0 Å². The molecule has 0 unspecified atom stereocenters. The molecule has 0 atom stereocenters. The molecule has 0 spiro atoms. The predicted octanol–water partition coefficient (Wildman–Crippen LogP) is 1.72. The van der Waals surface area contributed by atoms with Gasteiger partial charge in [-0.1, -0.05) is 0 Å². The van der Waals surface area contributed by atoms with E-state index in [4.69, 9.17) is 10.5 Å². The molecule has 0 heterocycles. The number of nitrogens with one attached hydrogen (secondary N) is 1. The summed E-state index contributed by atoms with van der Waals surface area (Å²) in [6.45, 7) is 0.674. The third kappa shape index (κ3) is 5.60. The van der Waals surface area contributed by atoms with Gasteiger partial charge in [-0.2, -0.15) is 11.8 Å². The lowest BCUT2D eigenvalue weighted by Gasteiger charge is -2.06. The van der Waals surface area contributed by atoms with E-state index >= 15 is 0 Å². The summed E-state index contributed by atoms with van der Waals surface area (Å²) in [4.78, 5) is 11.5. The maximum absolute atomic E-state index is 11.5. The number of benzene rings is 1. The lowest BCUT2D eigenvalue weighted by atomic mass is 10.3. The van der Waals surface area contributed by atoms with Crippen molar-refractivity contribution in [3.8, 4) is 5.75 Å². The van der Waals surface area contributed by atoms with Crippen LogP contribution < -0.4 is 15.8 Å². The molecule has 0 radical (unpaired) electrons. The lowest BCUT2D eigenvalue weighted by molar-refractivity contribution is -0.113. The summed E-state index contributed by atoms with van der Waals surface area (Å²) < 4.78 is 5.04. The second kappa shape index (κ2) is 7.97. The van der Waals surface area contributed by atoms with Gasteiger partial charge in [0.15, 0.2) is 0 Å². The molecular weight excluding hydrogens is 236 g/mol. The first-order chi connectivity index (χ1) is 8.26. The molecule has 0 aromatic heterocycles. The van der Waals surface area contributed by atoms with E-state index in [0.717, 1.165) is 23.6 Å². The van der Waals surface area contributed by atoms with E-state index in [1.807, 2.05) is 24.3 Å². The number of hydrogen-bond acceptors (Lipinski definition) is 4. The number of carbonyl (C=O) groups is 1. The van der Waals surface area contributed by atoms with Gasteiger partial charge in [-0.05, 0) is 43.0 Å². The highest BCUT2D eigenvalue weighted by Gasteiger charge is 2.02. The highest BCUT2D eigenvalue weighted by molar-refractivity contribution is 7.99. The maximum atomic E-state index is 11.5. The predicted molar refractivity (Wildman–Crippen MR) is 72.6 cm³/mol. The monoisotopic (exact) mass is 254 g/mol. The molecule has 0 saturated carbocycles. The molecule has 3 N–H and O–H groups in total. The summed E-state index contributed by atoms with van der Waals surface area (Å²) in [6.07, 6.45) is 0.945. The van der Waals surface area contributed by atoms with Gasteiger partial charge in [0, 0.05) is 5.69 Å². The Labute approximate surface area is 106 Å². The summed E-state index contributed by atoms with van der Waals surface area (Å²) in [5.74, 6) is 2.18. The fraction of sp³-hybridized carbons (Fsp3) is 0.417. The van der Waals surface area contributed by atoms with Crippen molar-refractivity contribution in [2.45, 2.75) is 6.42 Å². The Bertz CT molecular complexity index is 341. The number of nitrogens with two attached hydrogens (primary N) is 1. The van der Waals surface area contributed by atoms with Crippen molar-refractivity contribution in [2.75, 3.05) is 30.5 Å². The molecule has 1 rings (SSSR count). The lowest BCUT2D eigenvalue weighted by Crippen LogP contribution is -2.14. The highest BCUT2D eigenvalue weighted by atomic mass is 32.2. The number of ether oxygens (including phenoxy) is 1. The Morgan fingerprint density at radius 2 is 2.12 bits per heavy atom. The van der Waals surface area contributed by atoms with Gasteiger partial charge in [-0.3, -0.25) is 4.79 Å². The van der Waals surface area contributed by atoms with Crippen molar-refractivity contribution < 1.29 is 9.53 Å². The van der Waals surface area contributed by atoms with E-state index in [2.05, 4.69) is 5.32 Å². The van der Waals surface area contributed by atoms with Gasteiger partial charge in [-0.25, -0.2) is 0 Å². The number of methoxy groups -OCH3 is 1. The number of thioether (sulfide) groups is 1. The van der Waals surface area contributed by atoms with Gasteiger partial charge in [0.2, 0.25) is 5.91 Å². The van der Waals surface area contributed by atoms with Crippen molar-refractivity contribution in [1.29, 1.82) is 0 Å². The maximum Gasteiger partial charge on any atom is 0.234 e. The average molecular weight is 254 g/mol. The van der Waals surface area contributed by atoms with Crippen LogP contribution in [0.1, 0.15) is 6.42 Å². The number of carbonyl (C=O) groups excluding carboxylic acids is 1. The van der Waals surface area contributed by atoms with E-state index in [-0.39, 0.29) is 5.91 Å². The molecule has 4 nitrogen and oxygen atoms in total. The zero-order valence-corrected chi connectivity index (χ0v) is 10.8. The molecule has 0 saturated heterocycles. The molecule has 94 valence electrons. The third-order valence-electron chi connectivity index (χ3n) is 2.10. The molecule has 17 heavy (non-hydrogen) atoms. The van der Waals surface area contributed by atoms with Crippen molar-refractivity contribution >= 4 is 23.4 Å². The largest absolute Gasteiger partial charge is 0.497 e. The summed E-state index contributed by atoms with van der Waals surface area (Å²) in [6, 6.07) is 7.27. The van der Waals surface area contributed by atoms with Crippen LogP contribution in [0.15, 0.2) is 24.3 Å². The number of rotatable bonds is 7. The first kappa shape index (κ1) is 13.9. The van der Waals surface area contributed by atoms with E-state index < -0.39 is 0 Å². The van der Waals surface area contributed by atoms with Gasteiger partial charge in [-0.15, -0.1) is 0 Å². The van der Waals surface area contributed by atoms with Crippen molar-refractivity contribution in [2.24, 2.45) is 5.73 Å². The second-order valence-corrected chi connectivity index (χ2v) is 4.58. The first-order valence-corrected chi connectivity index (χ1v) is 6.63. The van der Waals surface area contributed by atoms with Crippen LogP contribution in [0.5, 0.6) is 5.75 Å². The molecule has 0 bridgehead atoms. The molecule has 0 aliphatic heterocycles. The van der Waals surface area contributed by atoms with Crippen LogP contribution in [0.4, 0.5) is 5.69 Å². The minimum absolute atomic E-state index is 0.0113. The van der Waals surface area contributed by atoms with Crippen LogP contribution in [0.3, 0.4) is 0 Å². The third-order valence-corrected chi connectivity index (χ3v) is 3.14. The molecule has 0 fully saturated rings. The number of anilines is 1. The van der Waals surface area contributed by atoms with Crippen molar-refractivity contribution in [3.63, 3.8) is 0 Å². The summed E-state index contributed by atoms with van der Waals surface area (Å²) in [7, 11) is 1.61. The van der Waals surface area contributed by atoms with Crippen LogP contribution in [0, 0.1) is 0 Å². The Morgan fingerprint density at radius 3 is 2.71 bits per heavy atom. The van der Waals surface area contributed by atoms with Crippen LogP contribution in [-0.2, 0) is 4.79 Å². The fourth-order valence-corrected chi connectivity index (χ4v) is 1.99. The quantitative estimate of drug-likeness (QED) is 0.727. The first-order valence-electron chi connectivity index (χ1n) is 5.48. The van der Waals surface area contributed by atoms with Crippen LogP contribution >= 0.6 is 11.8 Å². The smallest absolute Gasteiger partial charge is 0.234 e. The Balaban J connectivity index is 2.29. The summed E-state index contributed by atoms with van der Waals surface area (Å²) in [5, 5.41) is 2.82. The summed E-state index contributed by atoms with van der Waals surface area (Å²) in [5.41, 5.74) is 6.16. The molecule has 5 heteroatoms. The summed E-state index contributed by atoms with van der Waals surface area (Å²) >= 11 is 1.60. The Kier molecular flexibility index (Phi) is 6.50. The van der Waals surface area contributed by atoms with Gasteiger partial charge >= 0.3 is 0 Å². The van der Waals surface area contributed by atoms with Gasteiger partial charge in [0.25, 0.3) is 0 Å². The van der Waals surface area contributed by atoms with E-state index in [1.54, 1.807) is 18.9 Å².